The van der Waals surface area contributed by atoms with E-state index in [0.29, 0.717) is 18.3 Å². The Hall–Kier alpha value is -3.09. The molecule has 7 nitrogen and oxygen atoms in total. The molecule has 7 heteroatoms. The van der Waals surface area contributed by atoms with Crippen LogP contribution in [-0.2, 0) is 6.42 Å². The van der Waals surface area contributed by atoms with Crippen LogP contribution < -0.4 is 4.74 Å². The Kier molecular flexibility index (Phi) is 4.38. The van der Waals surface area contributed by atoms with Crippen LogP contribution in [0.1, 0.15) is 52.6 Å². The highest BCUT2D eigenvalue weighted by Gasteiger charge is 2.38. The largest absolute Gasteiger partial charge is 0.496 e. The molecule has 0 spiro atoms. The second-order valence-corrected chi connectivity index (χ2v) is 7.96. The molecule has 3 aromatic rings. The van der Waals surface area contributed by atoms with Gasteiger partial charge in [0, 0.05) is 29.9 Å². The number of piperidine rings is 1. The molecule has 2 atom stereocenters. The number of hydrogen-bond donors (Lipinski definition) is 1. The summed E-state index contributed by atoms with van der Waals surface area (Å²) in [5, 5.41) is 4.14. The van der Waals surface area contributed by atoms with Crippen molar-refractivity contribution in [3.63, 3.8) is 0 Å². The summed E-state index contributed by atoms with van der Waals surface area (Å²) >= 11 is 0. The topological polar surface area (TPSA) is 84.2 Å². The van der Waals surface area contributed by atoms with Gasteiger partial charge in [0.25, 0.3) is 5.91 Å². The molecular weight excluding hydrogens is 368 g/mol. The van der Waals surface area contributed by atoms with Crippen molar-refractivity contribution in [1.82, 2.24) is 20.0 Å². The number of rotatable bonds is 3. The predicted molar refractivity (Wildman–Crippen MR) is 107 cm³/mol. The average molecular weight is 392 g/mol. The molecule has 150 valence electrons. The van der Waals surface area contributed by atoms with Gasteiger partial charge in [-0.25, -0.2) is 0 Å². The van der Waals surface area contributed by atoms with Gasteiger partial charge in [-0.3, -0.25) is 4.79 Å². The first-order valence-electron chi connectivity index (χ1n) is 10.1. The van der Waals surface area contributed by atoms with Gasteiger partial charge < -0.3 is 19.1 Å². The van der Waals surface area contributed by atoms with E-state index in [1.165, 1.54) is 0 Å². The number of aryl methyl sites for hydroxylation is 1. The number of amides is 1. The monoisotopic (exact) mass is 392 g/mol. The van der Waals surface area contributed by atoms with E-state index in [4.69, 9.17) is 9.26 Å². The summed E-state index contributed by atoms with van der Waals surface area (Å²) in [4.78, 5) is 23.1. The van der Waals surface area contributed by atoms with Gasteiger partial charge in [0.15, 0.2) is 0 Å². The Bertz CT molecular complexity index is 1050. The highest BCUT2D eigenvalue weighted by Crippen LogP contribution is 2.37. The van der Waals surface area contributed by atoms with Gasteiger partial charge in [-0.2, -0.15) is 4.98 Å². The fourth-order valence-electron chi connectivity index (χ4n) is 4.60. The molecule has 5 rings (SSSR count). The second kappa shape index (κ2) is 7.06. The maximum atomic E-state index is 13.3. The lowest BCUT2D eigenvalue weighted by Gasteiger charge is -2.37. The van der Waals surface area contributed by atoms with Gasteiger partial charge in [-0.05, 0) is 56.4 Å². The van der Waals surface area contributed by atoms with Crippen LogP contribution in [0, 0.1) is 6.92 Å². The quantitative estimate of drug-likeness (QED) is 0.734. The van der Waals surface area contributed by atoms with Crippen molar-refractivity contribution in [3.05, 3.63) is 53.0 Å². The first-order valence-corrected chi connectivity index (χ1v) is 10.1. The maximum absolute atomic E-state index is 13.3. The van der Waals surface area contributed by atoms with Crippen LogP contribution in [0.3, 0.4) is 0 Å². The summed E-state index contributed by atoms with van der Waals surface area (Å²) in [6, 6.07) is 7.96. The zero-order chi connectivity index (χ0) is 20.0. The highest BCUT2D eigenvalue weighted by molar-refractivity contribution is 5.97. The summed E-state index contributed by atoms with van der Waals surface area (Å²) in [5.74, 6) is 2.10. The Morgan fingerprint density at radius 2 is 2.17 bits per heavy atom. The third-order valence-electron chi connectivity index (χ3n) is 6.14. The normalized spacial score (nSPS) is 21.4. The lowest BCUT2D eigenvalue weighted by Crippen LogP contribution is -2.45. The van der Waals surface area contributed by atoms with Crippen LogP contribution in [0.25, 0.3) is 11.5 Å². The molecule has 1 N–H and O–H groups in total. The van der Waals surface area contributed by atoms with Gasteiger partial charge in [-0.15, -0.1) is 0 Å². The number of carbonyl (C=O) groups is 1. The van der Waals surface area contributed by atoms with Crippen molar-refractivity contribution in [1.29, 1.82) is 0 Å². The van der Waals surface area contributed by atoms with Gasteiger partial charge in [0.05, 0.1) is 18.7 Å². The third-order valence-corrected chi connectivity index (χ3v) is 6.14. The number of hydrogen-bond acceptors (Lipinski definition) is 5. The number of carbonyl (C=O) groups excluding carboxylic acids is 1. The summed E-state index contributed by atoms with van der Waals surface area (Å²) in [6.07, 6.45) is 5.59. The van der Waals surface area contributed by atoms with E-state index in [1.54, 1.807) is 7.11 Å². The van der Waals surface area contributed by atoms with Gasteiger partial charge in [-0.1, -0.05) is 11.2 Å². The number of ether oxygens (including phenoxy) is 1. The molecule has 1 fully saturated rings. The standard InChI is InChI=1S/C22H24N4O3/c1-13-10-18(23-11-13)20-24-21(29-25-20)14-6-7-15-8-9-16-17(22(27)26(15)12-14)4-3-5-19(16)28-2/h3-5,10-11,14-15,23H,6-9,12H2,1-2H3/t14-,15+/m0/s1. The van der Waals surface area contributed by atoms with Crippen molar-refractivity contribution in [2.75, 3.05) is 13.7 Å². The van der Waals surface area contributed by atoms with E-state index in [0.717, 1.165) is 53.8 Å². The van der Waals surface area contributed by atoms with Crippen molar-refractivity contribution in [3.8, 4) is 17.3 Å². The number of benzene rings is 1. The van der Waals surface area contributed by atoms with Gasteiger partial charge >= 0.3 is 0 Å². The number of aromatic nitrogens is 3. The van der Waals surface area contributed by atoms with Gasteiger partial charge in [0.2, 0.25) is 11.7 Å². The van der Waals surface area contributed by atoms with Crippen LogP contribution in [0.15, 0.2) is 35.0 Å². The molecule has 2 aliphatic rings. The highest BCUT2D eigenvalue weighted by atomic mass is 16.5. The van der Waals surface area contributed by atoms with E-state index in [2.05, 4.69) is 15.1 Å². The van der Waals surface area contributed by atoms with E-state index < -0.39 is 0 Å². The molecule has 2 aromatic heterocycles. The first-order chi connectivity index (χ1) is 14.1. The number of nitrogens with one attached hydrogen (secondary N) is 1. The Morgan fingerprint density at radius 1 is 1.28 bits per heavy atom. The lowest BCUT2D eigenvalue weighted by molar-refractivity contribution is 0.0570. The van der Waals surface area contributed by atoms with E-state index in [9.17, 15) is 4.79 Å². The molecule has 2 aliphatic heterocycles. The zero-order valence-electron chi connectivity index (χ0n) is 16.6. The number of fused-ring (bicyclic) bond motifs is 2. The maximum Gasteiger partial charge on any atom is 0.254 e. The first kappa shape index (κ1) is 18.0. The SMILES string of the molecule is COc1cccc2c1CC[C@H]1CC[C@H](c3nc(-c4cc(C)c[nH]4)no3)CN1C2=O. The van der Waals surface area contributed by atoms with Crippen molar-refractivity contribution in [2.24, 2.45) is 0 Å². The van der Waals surface area contributed by atoms with Crippen molar-refractivity contribution < 1.29 is 14.1 Å². The smallest absolute Gasteiger partial charge is 0.254 e. The molecule has 29 heavy (non-hydrogen) atoms. The van der Waals surface area contributed by atoms with E-state index >= 15 is 0 Å². The minimum absolute atomic E-state index is 0.0552. The zero-order valence-corrected chi connectivity index (χ0v) is 16.6. The van der Waals surface area contributed by atoms with Crippen LogP contribution in [-0.4, -0.2) is 45.6 Å². The second-order valence-electron chi connectivity index (χ2n) is 7.96. The molecular formula is C22H24N4O3. The summed E-state index contributed by atoms with van der Waals surface area (Å²) in [6.45, 7) is 2.62. The van der Waals surface area contributed by atoms with E-state index in [1.807, 2.05) is 42.3 Å². The minimum Gasteiger partial charge on any atom is -0.496 e. The number of methoxy groups -OCH3 is 1. The van der Waals surface area contributed by atoms with Crippen LogP contribution in [0.5, 0.6) is 5.75 Å². The van der Waals surface area contributed by atoms with Crippen LogP contribution in [0.4, 0.5) is 0 Å². The lowest BCUT2D eigenvalue weighted by atomic mass is 9.90. The van der Waals surface area contributed by atoms with Crippen molar-refractivity contribution in [2.45, 2.75) is 44.6 Å². The molecule has 0 bridgehead atoms. The summed E-state index contributed by atoms with van der Waals surface area (Å²) in [7, 11) is 1.66. The molecule has 0 radical (unpaired) electrons. The van der Waals surface area contributed by atoms with E-state index in [-0.39, 0.29) is 17.9 Å². The minimum atomic E-state index is 0.0552. The Morgan fingerprint density at radius 3 is 2.97 bits per heavy atom. The predicted octanol–water partition coefficient (Wildman–Crippen LogP) is 3.72. The Balaban J connectivity index is 1.41. The Labute approximate surface area is 169 Å². The molecule has 4 heterocycles. The summed E-state index contributed by atoms with van der Waals surface area (Å²) in [5.41, 5.74) is 3.74. The third kappa shape index (κ3) is 3.10. The fourth-order valence-corrected chi connectivity index (χ4v) is 4.60. The van der Waals surface area contributed by atoms with Gasteiger partial charge in [0.1, 0.15) is 5.75 Å². The molecule has 1 amide bonds. The number of H-pyrrole nitrogens is 1. The fraction of sp³-hybridized carbons (Fsp3) is 0.409. The molecule has 0 unspecified atom stereocenters. The molecule has 0 saturated carbocycles. The number of nitrogens with zero attached hydrogens (tertiary/aromatic N) is 3. The number of aromatic amines is 1. The molecule has 0 aliphatic carbocycles. The average Bonchev–Trinajstić information content (AvgIpc) is 3.37. The molecule has 1 aromatic carbocycles. The van der Waals surface area contributed by atoms with Crippen LogP contribution >= 0.6 is 0 Å². The summed E-state index contributed by atoms with van der Waals surface area (Å²) < 4.78 is 11.1. The van der Waals surface area contributed by atoms with Crippen LogP contribution in [0.2, 0.25) is 0 Å². The van der Waals surface area contributed by atoms with Crippen molar-refractivity contribution >= 4 is 5.91 Å². The molecule has 1 saturated heterocycles.